The average molecular weight is 262 g/mol. The van der Waals surface area contributed by atoms with Crippen LogP contribution in [0, 0.1) is 11.8 Å². The van der Waals surface area contributed by atoms with Gasteiger partial charge in [-0.25, -0.2) is 0 Å². The third-order valence-corrected chi connectivity index (χ3v) is 4.86. The smallest absolute Gasteiger partial charge is 0.310 e. The summed E-state index contributed by atoms with van der Waals surface area (Å²) in [5.74, 6) is -0.273. The molecule has 0 radical (unpaired) electrons. The molecule has 1 saturated heterocycles. The summed E-state index contributed by atoms with van der Waals surface area (Å²) in [7, 11) is 0. The van der Waals surface area contributed by atoms with Gasteiger partial charge in [-0.15, -0.1) is 0 Å². The lowest BCUT2D eigenvalue weighted by Crippen LogP contribution is -2.48. The predicted octanol–water partition coefficient (Wildman–Crippen LogP) is 1.54. The quantitative estimate of drug-likeness (QED) is 0.728. The van der Waals surface area contributed by atoms with Gasteiger partial charge in [0.1, 0.15) is 0 Å². The maximum absolute atomic E-state index is 12.2. The fourth-order valence-corrected chi connectivity index (χ4v) is 3.71. The molecule has 4 nitrogen and oxygen atoms in total. The van der Waals surface area contributed by atoms with Gasteiger partial charge in [-0.05, 0) is 38.2 Å². The Morgan fingerprint density at radius 3 is 2.89 bits per heavy atom. The summed E-state index contributed by atoms with van der Waals surface area (Å²) in [6.07, 6.45) is 3.80. The molecule has 3 aliphatic rings. The van der Waals surface area contributed by atoms with Crippen LogP contribution in [0.25, 0.3) is 0 Å². The molecule has 102 valence electrons. The average Bonchev–Trinajstić information content (AvgIpc) is 2.55. The standard InChI is InChI=1S/C15H18O4/c1-8-3-4-10-6-15(19-14(18)9(10)2)11(7-16)5-12(17)13(8)15/h5,9-10,16H,3-4,6-7H2,1-2H3/t9-,10+,15-/m0/s1. The second kappa shape index (κ2) is 4.04. The molecule has 2 aliphatic carbocycles. The molecule has 3 atom stereocenters. The number of fused-ring (bicyclic) bond motifs is 1. The van der Waals surface area contributed by atoms with E-state index in [1.807, 2.05) is 13.8 Å². The summed E-state index contributed by atoms with van der Waals surface area (Å²) < 4.78 is 5.66. The van der Waals surface area contributed by atoms with Crippen molar-refractivity contribution in [1.82, 2.24) is 0 Å². The van der Waals surface area contributed by atoms with Crippen molar-refractivity contribution in [2.45, 2.75) is 38.7 Å². The van der Waals surface area contributed by atoms with Gasteiger partial charge in [0.05, 0.1) is 12.5 Å². The minimum absolute atomic E-state index is 0.107. The Labute approximate surface area is 112 Å². The molecule has 0 saturated carbocycles. The van der Waals surface area contributed by atoms with Gasteiger partial charge in [-0.1, -0.05) is 12.5 Å². The van der Waals surface area contributed by atoms with Crippen LogP contribution in [0.2, 0.25) is 0 Å². The highest BCUT2D eigenvalue weighted by molar-refractivity contribution is 6.11. The van der Waals surface area contributed by atoms with Crippen molar-refractivity contribution in [3.05, 3.63) is 22.8 Å². The largest absolute Gasteiger partial charge is 0.449 e. The molecule has 0 unspecified atom stereocenters. The van der Waals surface area contributed by atoms with Crippen LogP contribution >= 0.6 is 0 Å². The number of carbonyl (C=O) groups is 2. The number of carbonyl (C=O) groups excluding carboxylic acids is 2. The van der Waals surface area contributed by atoms with Gasteiger partial charge in [-0.3, -0.25) is 9.59 Å². The number of allylic oxidation sites excluding steroid dienone is 2. The zero-order valence-corrected chi connectivity index (χ0v) is 11.2. The molecule has 1 aliphatic heterocycles. The van der Waals surface area contributed by atoms with Crippen molar-refractivity contribution < 1.29 is 19.4 Å². The lowest BCUT2D eigenvalue weighted by atomic mass is 9.75. The van der Waals surface area contributed by atoms with Crippen LogP contribution in [0.15, 0.2) is 22.8 Å². The second-order valence-electron chi connectivity index (χ2n) is 5.89. The number of hydrogen-bond acceptors (Lipinski definition) is 4. The molecule has 1 N–H and O–H groups in total. The molecule has 1 spiro atoms. The molecule has 0 aromatic rings. The summed E-state index contributed by atoms with van der Waals surface area (Å²) in [6.45, 7) is 3.58. The highest BCUT2D eigenvalue weighted by atomic mass is 16.6. The van der Waals surface area contributed by atoms with E-state index in [4.69, 9.17) is 4.74 Å². The number of aliphatic hydroxyl groups excluding tert-OH is 1. The van der Waals surface area contributed by atoms with Gasteiger partial charge in [0.25, 0.3) is 0 Å². The van der Waals surface area contributed by atoms with E-state index in [-0.39, 0.29) is 30.2 Å². The van der Waals surface area contributed by atoms with E-state index >= 15 is 0 Å². The molecule has 4 heteroatoms. The van der Waals surface area contributed by atoms with E-state index in [1.54, 1.807) is 0 Å². The minimum Gasteiger partial charge on any atom is -0.449 e. The normalized spacial score (nSPS) is 37.7. The van der Waals surface area contributed by atoms with Crippen molar-refractivity contribution in [3.8, 4) is 0 Å². The Hall–Kier alpha value is -1.42. The van der Waals surface area contributed by atoms with E-state index in [9.17, 15) is 14.7 Å². The number of rotatable bonds is 1. The third-order valence-electron chi connectivity index (χ3n) is 4.86. The van der Waals surface area contributed by atoms with Crippen LogP contribution in [0.1, 0.15) is 33.1 Å². The number of aliphatic hydroxyl groups is 1. The zero-order chi connectivity index (χ0) is 13.8. The highest BCUT2D eigenvalue weighted by Crippen LogP contribution is 2.51. The number of ketones is 1. The SMILES string of the molecule is CC1=C2C(=O)C=C(CO)[C@@]23C[C@@H](CC1)[C@H](C)C(=O)O3. The maximum atomic E-state index is 12.2. The Morgan fingerprint density at radius 2 is 2.21 bits per heavy atom. The zero-order valence-electron chi connectivity index (χ0n) is 11.2. The molecule has 0 aromatic heterocycles. The summed E-state index contributed by atoms with van der Waals surface area (Å²) in [5, 5.41) is 9.53. The third kappa shape index (κ3) is 1.56. The van der Waals surface area contributed by atoms with Gasteiger partial charge in [-0.2, -0.15) is 0 Å². The molecule has 2 bridgehead atoms. The molecule has 0 aromatic carbocycles. The monoisotopic (exact) mass is 262 g/mol. The lowest BCUT2D eigenvalue weighted by Gasteiger charge is -2.41. The fraction of sp³-hybridized carbons (Fsp3) is 0.600. The number of esters is 1. The summed E-state index contributed by atoms with van der Waals surface area (Å²) in [5.41, 5.74) is 1.16. The second-order valence-corrected chi connectivity index (χ2v) is 5.89. The number of ether oxygens (including phenoxy) is 1. The first-order valence-electron chi connectivity index (χ1n) is 6.79. The van der Waals surface area contributed by atoms with Crippen LogP contribution < -0.4 is 0 Å². The van der Waals surface area contributed by atoms with Crippen molar-refractivity contribution in [1.29, 1.82) is 0 Å². The Morgan fingerprint density at radius 1 is 1.47 bits per heavy atom. The predicted molar refractivity (Wildman–Crippen MR) is 68.2 cm³/mol. The van der Waals surface area contributed by atoms with Crippen molar-refractivity contribution in [3.63, 3.8) is 0 Å². The van der Waals surface area contributed by atoms with Gasteiger partial charge in [0.15, 0.2) is 11.4 Å². The molecular formula is C15H18O4. The first-order valence-corrected chi connectivity index (χ1v) is 6.79. The van der Waals surface area contributed by atoms with Crippen LogP contribution in [0.5, 0.6) is 0 Å². The van der Waals surface area contributed by atoms with Gasteiger partial charge in [0, 0.05) is 11.1 Å². The van der Waals surface area contributed by atoms with Crippen molar-refractivity contribution in [2.24, 2.45) is 11.8 Å². The Kier molecular flexibility index (Phi) is 2.68. The lowest BCUT2D eigenvalue weighted by molar-refractivity contribution is -0.170. The molecule has 1 fully saturated rings. The van der Waals surface area contributed by atoms with E-state index in [0.29, 0.717) is 17.6 Å². The Balaban J connectivity index is 2.18. The van der Waals surface area contributed by atoms with Crippen LogP contribution in [0.3, 0.4) is 0 Å². The molecule has 1 heterocycles. The van der Waals surface area contributed by atoms with Crippen LogP contribution in [-0.2, 0) is 14.3 Å². The van der Waals surface area contributed by atoms with Crippen LogP contribution in [0.4, 0.5) is 0 Å². The van der Waals surface area contributed by atoms with E-state index < -0.39 is 5.60 Å². The summed E-state index contributed by atoms with van der Waals surface area (Å²) in [6, 6.07) is 0. The summed E-state index contributed by atoms with van der Waals surface area (Å²) >= 11 is 0. The minimum atomic E-state index is -0.972. The maximum Gasteiger partial charge on any atom is 0.310 e. The molecule has 3 rings (SSSR count). The topological polar surface area (TPSA) is 63.6 Å². The first-order chi connectivity index (χ1) is 8.99. The highest BCUT2D eigenvalue weighted by Gasteiger charge is 2.56. The van der Waals surface area contributed by atoms with Gasteiger partial charge in [0.2, 0.25) is 0 Å². The van der Waals surface area contributed by atoms with Crippen molar-refractivity contribution >= 4 is 11.8 Å². The van der Waals surface area contributed by atoms with E-state index in [0.717, 1.165) is 18.4 Å². The van der Waals surface area contributed by atoms with Crippen molar-refractivity contribution in [2.75, 3.05) is 6.61 Å². The van der Waals surface area contributed by atoms with Gasteiger partial charge < -0.3 is 9.84 Å². The van der Waals surface area contributed by atoms with Gasteiger partial charge >= 0.3 is 5.97 Å². The first kappa shape index (κ1) is 12.6. The summed E-state index contributed by atoms with van der Waals surface area (Å²) in [4.78, 5) is 24.3. The fourth-order valence-electron chi connectivity index (χ4n) is 3.71. The van der Waals surface area contributed by atoms with E-state index in [2.05, 4.69) is 0 Å². The van der Waals surface area contributed by atoms with Crippen LogP contribution in [-0.4, -0.2) is 29.1 Å². The molecule has 0 amide bonds. The molecular weight excluding hydrogens is 244 g/mol. The van der Waals surface area contributed by atoms with E-state index in [1.165, 1.54) is 6.08 Å². The Bertz CT molecular complexity index is 528. The molecule has 19 heavy (non-hydrogen) atoms. The number of hydrogen-bond donors (Lipinski definition) is 1.